The predicted molar refractivity (Wildman–Crippen MR) is 78.6 cm³/mol. The molecule has 1 aliphatic rings. The van der Waals surface area contributed by atoms with Crippen LogP contribution in [0.25, 0.3) is 0 Å². The van der Waals surface area contributed by atoms with Crippen molar-refractivity contribution in [3.8, 4) is 0 Å². The Balaban J connectivity index is 2.05. The molecule has 19 heavy (non-hydrogen) atoms. The molecular weight excluding hydrogens is 236 g/mol. The smallest absolute Gasteiger partial charge is 0.159 e. The van der Waals surface area contributed by atoms with E-state index in [9.17, 15) is 4.79 Å². The summed E-state index contributed by atoms with van der Waals surface area (Å²) in [5, 5.41) is 0. The second-order valence-electron chi connectivity index (χ2n) is 6.59. The average molecular weight is 260 g/mol. The zero-order chi connectivity index (χ0) is 14.0. The monoisotopic (exact) mass is 260 g/mol. The van der Waals surface area contributed by atoms with Crippen molar-refractivity contribution in [2.24, 2.45) is 11.3 Å². The van der Waals surface area contributed by atoms with Gasteiger partial charge in [-0.25, -0.2) is 4.98 Å². The Labute approximate surface area is 116 Å². The highest BCUT2D eigenvalue weighted by atomic mass is 16.1. The van der Waals surface area contributed by atoms with Gasteiger partial charge in [-0.15, -0.1) is 0 Å². The first-order valence-electron chi connectivity index (χ1n) is 7.10. The normalized spacial score (nSPS) is 17.6. The fraction of sp³-hybridized carbons (Fsp3) is 0.625. The number of aromatic nitrogens is 1. The molecule has 3 heteroatoms. The summed E-state index contributed by atoms with van der Waals surface area (Å²) in [5.41, 5.74) is 1.14. The van der Waals surface area contributed by atoms with Crippen molar-refractivity contribution >= 4 is 11.6 Å². The summed E-state index contributed by atoms with van der Waals surface area (Å²) in [7, 11) is 0. The molecule has 0 unspecified atom stereocenters. The maximum atomic E-state index is 11.4. The van der Waals surface area contributed by atoms with Crippen molar-refractivity contribution in [2.45, 2.75) is 40.5 Å². The Hall–Kier alpha value is -1.38. The zero-order valence-corrected chi connectivity index (χ0v) is 12.4. The highest BCUT2D eigenvalue weighted by molar-refractivity contribution is 5.94. The number of carbonyl (C=O) groups is 1. The highest BCUT2D eigenvalue weighted by Gasteiger charge is 2.29. The van der Waals surface area contributed by atoms with Crippen molar-refractivity contribution < 1.29 is 4.79 Å². The molecule has 0 atom stereocenters. The third-order valence-electron chi connectivity index (χ3n) is 4.20. The van der Waals surface area contributed by atoms with E-state index < -0.39 is 0 Å². The molecule has 104 valence electrons. The summed E-state index contributed by atoms with van der Waals surface area (Å²) in [6, 6.07) is 3.70. The molecule has 0 bridgehead atoms. The Morgan fingerprint density at radius 2 is 1.95 bits per heavy atom. The fourth-order valence-corrected chi connectivity index (χ4v) is 2.78. The van der Waals surface area contributed by atoms with Crippen LogP contribution in [0.15, 0.2) is 18.3 Å². The predicted octanol–water partition coefficient (Wildman–Crippen LogP) is 3.55. The molecule has 1 aromatic heterocycles. The summed E-state index contributed by atoms with van der Waals surface area (Å²) in [6.45, 7) is 10.6. The van der Waals surface area contributed by atoms with E-state index in [0.717, 1.165) is 30.4 Å². The molecule has 0 amide bonds. The molecule has 0 radical (unpaired) electrons. The van der Waals surface area contributed by atoms with Crippen LogP contribution in [0.4, 0.5) is 5.82 Å². The minimum absolute atomic E-state index is 0.105. The average Bonchev–Trinajstić information content (AvgIpc) is 2.38. The van der Waals surface area contributed by atoms with Gasteiger partial charge < -0.3 is 4.90 Å². The molecule has 0 N–H and O–H groups in total. The van der Waals surface area contributed by atoms with Gasteiger partial charge >= 0.3 is 0 Å². The maximum absolute atomic E-state index is 11.4. The van der Waals surface area contributed by atoms with Crippen molar-refractivity contribution in [3.05, 3.63) is 23.9 Å². The summed E-state index contributed by atoms with van der Waals surface area (Å²) >= 11 is 0. The number of Topliss-reactive ketones (excluding diaryl/α,β-unsaturated/α-hetero) is 1. The molecule has 3 nitrogen and oxygen atoms in total. The third-order valence-corrected chi connectivity index (χ3v) is 4.20. The lowest BCUT2D eigenvalue weighted by Crippen LogP contribution is -2.38. The van der Waals surface area contributed by atoms with Crippen molar-refractivity contribution in [1.82, 2.24) is 4.98 Å². The van der Waals surface area contributed by atoms with Crippen LogP contribution < -0.4 is 4.90 Å². The molecule has 2 rings (SSSR count). The van der Waals surface area contributed by atoms with Gasteiger partial charge in [-0.05, 0) is 43.2 Å². The van der Waals surface area contributed by atoms with Gasteiger partial charge in [0, 0.05) is 24.8 Å². The van der Waals surface area contributed by atoms with E-state index in [4.69, 9.17) is 0 Å². The molecular formula is C16H24N2O. The number of hydrogen-bond acceptors (Lipinski definition) is 3. The minimum atomic E-state index is 0.105. The van der Waals surface area contributed by atoms with E-state index in [0.29, 0.717) is 5.41 Å². The molecule has 1 aromatic rings. The van der Waals surface area contributed by atoms with E-state index in [-0.39, 0.29) is 5.78 Å². The van der Waals surface area contributed by atoms with E-state index >= 15 is 0 Å². The number of pyridine rings is 1. The quantitative estimate of drug-likeness (QED) is 0.762. The third kappa shape index (κ3) is 3.34. The second kappa shape index (κ2) is 5.32. The topological polar surface area (TPSA) is 33.2 Å². The number of piperidine rings is 1. The summed E-state index contributed by atoms with van der Waals surface area (Å²) in [4.78, 5) is 18.1. The molecule has 2 heterocycles. The molecule has 1 fully saturated rings. The van der Waals surface area contributed by atoms with Crippen LogP contribution in [-0.4, -0.2) is 23.9 Å². The Morgan fingerprint density at radius 1 is 1.32 bits per heavy atom. The van der Waals surface area contributed by atoms with E-state index in [2.05, 4.69) is 30.7 Å². The van der Waals surface area contributed by atoms with E-state index in [1.54, 1.807) is 19.2 Å². The Morgan fingerprint density at radius 3 is 2.47 bits per heavy atom. The first-order valence-corrected chi connectivity index (χ1v) is 7.10. The lowest BCUT2D eigenvalue weighted by Gasteiger charge is -2.39. The lowest BCUT2D eigenvalue weighted by atomic mass is 9.75. The van der Waals surface area contributed by atoms with Gasteiger partial charge in [-0.3, -0.25) is 4.79 Å². The maximum Gasteiger partial charge on any atom is 0.159 e. The number of hydrogen-bond donors (Lipinski definition) is 0. The second-order valence-corrected chi connectivity index (χ2v) is 6.59. The SMILES string of the molecule is CC(=O)c1ccnc(N2CCC(C(C)(C)C)CC2)c1. The first-order chi connectivity index (χ1) is 8.88. The number of carbonyl (C=O) groups excluding carboxylic acids is 1. The van der Waals surface area contributed by atoms with Crippen LogP contribution in [0.3, 0.4) is 0 Å². The van der Waals surface area contributed by atoms with Gasteiger partial charge in [-0.2, -0.15) is 0 Å². The van der Waals surface area contributed by atoms with Crippen LogP contribution >= 0.6 is 0 Å². The molecule has 0 saturated carbocycles. The largest absolute Gasteiger partial charge is 0.357 e. The molecule has 0 aromatic carbocycles. The van der Waals surface area contributed by atoms with Crippen molar-refractivity contribution in [3.63, 3.8) is 0 Å². The van der Waals surface area contributed by atoms with Crippen LogP contribution in [0.5, 0.6) is 0 Å². The minimum Gasteiger partial charge on any atom is -0.357 e. The van der Waals surface area contributed by atoms with Gasteiger partial charge in [0.1, 0.15) is 5.82 Å². The van der Waals surface area contributed by atoms with Crippen LogP contribution in [0.1, 0.15) is 50.9 Å². The number of anilines is 1. The Bertz CT molecular complexity index is 454. The van der Waals surface area contributed by atoms with Crippen molar-refractivity contribution in [2.75, 3.05) is 18.0 Å². The summed E-state index contributed by atoms with van der Waals surface area (Å²) < 4.78 is 0. The highest BCUT2D eigenvalue weighted by Crippen LogP contribution is 2.35. The Kier molecular flexibility index (Phi) is 3.93. The fourth-order valence-electron chi connectivity index (χ4n) is 2.78. The summed E-state index contributed by atoms with van der Waals surface area (Å²) in [5.74, 6) is 1.83. The van der Waals surface area contributed by atoms with Crippen molar-refractivity contribution in [1.29, 1.82) is 0 Å². The number of nitrogens with zero attached hydrogens (tertiary/aromatic N) is 2. The number of ketones is 1. The molecule has 0 aliphatic carbocycles. The van der Waals surface area contributed by atoms with Crippen LogP contribution in [-0.2, 0) is 0 Å². The number of rotatable bonds is 2. The van der Waals surface area contributed by atoms with Crippen LogP contribution in [0.2, 0.25) is 0 Å². The van der Waals surface area contributed by atoms with Gasteiger partial charge in [0.25, 0.3) is 0 Å². The molecule has 0 spiro atoms. The molecule has 1 saturated heterocycles. The van der Waals surface area contributed by atoms with E-state index in [1.165, 1.54) is 12.8 Å². The van der Waals surface area contributed by atoms with Gasteiger partial charge in [-0.1, -0.05) is 20.8 Å². The lowest BCUT2D eigenvalue weighted by molar-refractivity contribution is 0.101. The molecule has 1 aliphatic heterocycles. The standard InChI is InChI=1S/C16H24N2O/c1-12(19)13-5-8-17-15(11-13)18-9-6-14(7-10-18)16(2,3)4/h5,8,11,14H,6-7,9-10H2,1-4H3. The van der Waals surface area contributed by atoms with Crippen LogP contribution in [0, 0.1) is 11.3 Å². The van der Waals surface area contributed by atoms with Gasteiger partial charge in [0.15, 0.2) is 5.78 Å². The zero-order valence-electron chi connectivity index (χ0n) is 12.4. The van der Waals surface area contributed by atoms with Gasteiger partial charge in [0.2, 0.25) is 0 Å². The van der Waals surface area contributed by atoms with Gasteiger partial charge in [0.05, 0.1) is 0 Å². The first kappa shape index (κ1) is 14.0. The summed E-state index contributed by atoms with van der Waals surface area (Å²) in [6.07, 6.45) is 4.15. The van der Waals surface area contributed by atoms with E-state index in [1.807, 2.05) is 6.07 Å².